The minimum Gasteiger partial charge on any atom is -0.507 e. The van der Waals surface area contributed by atoms with Crippen molar-refractivity contribution in [1.29, 1.82) is 0 Å². The third-order valence-electron chi connectivity index (χ3n) is 10.6. The third-order valence-corrected chi connectivity index (χ3v) is 13.3. The largest absolute Gasteiger partial charge is 0.507 e. The van der Waals surface area contributed by atoms with Gasteiger partial charge in [0, 0.05) is 39.4 Å². The number of phenols is 1. The molecule has 306 valence electrons. The summed E-state index contributed by atoms with van der Waals surface area (Å²) in [5.41, 5.74) is 6.05. The molecule has 0 aliphatic heterocycles. The Morgan fingerprint density at radius 3 is 1.34 bits per heavy atom. The van der Waals surface area contributed by atoms with Gasteiger partial charge in [0.2, 0.25) is 0 Å². The van der Waals surface area contributed by atoms with E-state index in [0.29, 0.717) is 17.4 Å². The summed E-state index contributed by atoms with van der Waals surface area (Å²) in [4.78, 5) is 4.95. The number of aromatic hydroxyl groups is 1. The zero-order chi connectivity index (χ0) is 41.7. The van der Waals surface area contributed by atoms with Gasteiger partial charge in [0.1, 0.15) is 21.7 Å². The molecule has 0 unspecified atom stereocenters. The summed E-state index contributed by atoms with van der Waals surface area (Å²) in [7, 11) is -0.877. The molecule has 4 heteroatoms. The van der Waals surface area contributed by atoms with E-state index in [4.69, 9.17) is 4.99 Å². The molecule has 1 N–H and O–H groups in total. The maximum Gasteiger partial charge on any atom is 0.132 e. The van der Waals surface area contributed by atoms with Gasteiger partial charge in [-0.15, -0.1) is 0 Å². The molecule has 0 saturated carbocycles. The Morgan fingerprint density at radius 1 is 0.492 bits per heavy atom. The third kappa shape index (κ3) is 11.0. The van der Waals surface area contributed by atoms with Crippen LogP contribution in [0.25, 0.3) is 32.7 Å². The van der Waals surface area contributed by atoms with Gasteiger partial charge in [-0.2, -0.15) is 36.4 Å². The number of hydrogen-bond acceptors (Lipinski definition) is 2. The van der Waals surface area contributed by atoms with Crippen molar-refractivity contribution in [2.45, 2.75) is 39.5 Å². The second-order valence-corrected chi connectivity index (χ2v) is 17.8. The topological polar surface area (TPSA) is 32.6 Å². The Hall–Kier alpha value is -6.11. The Morgan fingerprint density at radius 2 is 0.918 bits per heavy atom. The fourth-order valence-corrected chi connectivity index (χ4v) is 10.2. The molecule has 0 radical (unpaired) electrons. The van der Waals surface area contributed by atoms with Crippen LogP contribution in [-0.2, 0) is 16.5 Å². The van der Waals surface area contributed by atoms with Crippen LogP contribution >= 0.6 is 7.92 Å². The van der Waals surface area contributed by atoms with Gasteiger partial charge in [-0.3, -0.25) is 4.99 Å². The predicted molar refractivity (Wildman–Crippen MR) is 262 cm³/mol. The fourth-order valence-electron chi connectivity index (χ4n) is 7.62. The number of phenolic OH excluding ortho intramolecular Hbond substituents is 1. The minimum absolute atomic E-state index is 0. The van der Waals surface area contributed by atoms with Gasteiger partial charge >= 0.3 is 0 Å². The normalized spacial score (nSPS) is 10.9. The summed E-state index contributed by atoms with van der Waals surface area (Å²) < 4.78 is 0. The van der Waals surface area contributed by atoms with E-state index >= 15 is 0 Å². The van der Waals surface area contributed by atoms with Crippen molar-refractivity contribution >= 4 is 57.3 Å². The van der Waals surface area contributed by atoms with Crippen LogP contribution in [0.5, 0.6) is 5.75 Å². The zero-order valence-electron chi connectivity index (χ0n) is 35.1. The first-order valence-electron chi connectivity index (χ1n) is 20.7. The SMILES string of the molecule is CC(C)c1cccc(C(C)C)c1N=Cc1cccc(-c2c3ccccc3cc3ccccc23)c1O.[Ni].[c-]1ccccc1.c1ccc([PH+](c2ccccc2)c2ccccc2)cc1. The number of hydrogen-bond donors (Lipinski definition) is 1. The fraction of sp³-hybridized carbons (Fsp3) is 0.105. The van der Waals surface area contributed by atoms with Gasteiger partial charge in [0.05, 0.1) is 13.6 Å². The number of para-hydroxylation sites is 2. The van der Waals surface area contributed by atoms with Crippen LogP contribution in [0.3, 0.4) is 0 Å². The second kappa shape index (κ2) is 21.9. The van der Waals surface area contributed by atoms with Gasteiger partial charge in [-0.1, -0.05) is 161 Å². The molecule has 0 bridgehead atoms. The minimum atomic E-state index is -0.877. The first kappa shape index (κ1) is 44.4. The molecule has 0 aromatic heterocycles. The molecule has 9 aromatic rings. The van der Waals surface area contributed by atoms with Crippen molar-refractivity contribution in [3.63, 3.8) is 0 Å². The van der Waals surface area contributed by atoms with E-state index in [0.717, 1.165) is 38.4 Å². The maximum absolute atomic E-state index is 11.5. The molecule has 2 nitrogen and oxygen atoms in total. The van der Waals surface area contributed by atoms with Gasteiger partial charge in [0.15, 0.2) is 0 Å². The molecular formula is C57H52NNiOP. The van der Waals surface area contributed by atoms with Crippen LogP contribution < -0.4 is 15.9 Å². The van der Waals surface area contributed by atoms with Gasteiger partial charge < -0.3 is 5.11 Å². The predicted octanol–water partition coefficient (Wildman–Crippen LogP) is 14.0. The number of fused-ring (bicyclic) bond motifs is 2. The Balaban J connectivity index is 0.000000199. The molecule has 9 rings (SSSR count). The summed E-state index contributed by atoms with van der Waals surface area (Å²) in [6, 6.07) is 76.3. The number of nitrogens with zero attached hydrogens (tertiary/aromatic N) is 1. The van der Waals surface area contributed by atoms with Gasteiger partial charge in [0.25, 0.3) is 0 Å². The zero-order valence-corrected chi connectivity index (χ0v) is 37.1. The summed E-state index contributed by atoms with van der Waals surface area (Å²) in [6.45, 7) is 8.79. The molecule has 9 aromatic carbocycles. The average Bonchev–Trinajstić information content (AvgIpc) is 3.30. The van der Waals surface area contributed by atoms with Gasteiger partial charge in [-0.25, -0.2) is 0 Å². The van der Waals surface area contributed by atoms with E-state index in [1.54, 1.807) is 0 Å². The molecule has 0 spiro atoms. The monoisotopic (exact) mass is 855 g/mol. The summed E-state index contributed by atoms with van der Waals surface area (Å²) in [5.74, 6) is 0.983. The van der Waals surface area contributed by atoms with Crippen LogP contribution in [0.1, 0.15) is 56.2 Å². The summed E-state index contributed by atoms with van der Waals surface area (Å²) in [6.07, 6.45) is 1.82. The average molecular weight is 857 g/mol. The summed E-state index contributed by atoms with van der Waals surface area (Å²) in [5, 5.41) is 20.4. The van der Waals surface area contributed by atoms with Gasteiger partial charge in [-0.05, 0) is 93.0 Å². The smallest absolute Gasteiger partial charge is 0.132 e. The van der Waals surface area contributed by atoms with E-state index < -0.39 is 7.92 Å². The summed E-state index contributed by atoms with van der Waals surface area (Å²) >= 11 is 0. The van der Waals surface area contributed by atoms with E-state index in [1.807, 2.05) is 54.7 Å². The van der Waals surface area contributed by atoms with Crippen molar-refractivity contribution in [3.05, 3.63) is 235 Å². The number of rotatable bonds is 8. The molecule has 0 aliphatic rings. The van der Waals surface area contributed by atoms with Crippen molar-refractivity contribution < 1.29 is 21.6 Å². The molecule has 0 atom stereocenters. The van der Waals surface area contributed by atoms with Crippen molar-refractivity contribution in [1.82, 2.24) is 0 Å². The van der Waals surface area contributed by atoms with Crippen LogP contribution in [0.4, 0.5) is 5.69 Å². The Labute approximate surface area is 373 Å². The molecule has 0 saturated heterocycles. The molecule has 0 aliphatic carbocycles. The standard InChI is InChI=1S/C33H31NO.C18H15P.C6H5.Ni/c1-21(2)26-16-10-17-27(22(3)4)32(26)34-20-25-13-9-18-30(33(25)35)31-28-14-7-5-11-23(28)19-24-12-6-8-15-29(24)31;1-4-10-16(11-5-1)19(17-12-6-2-7-13-17)18-14-8-3-9-15-18;1-2-4-6-5-3-1;/h5-22,35H,1-4H3;1-15H;1-5H;/q;;-1;/p+1. The number of aliphatic imine (C=N–C) groups is 1. The van der Waals surface area contributed by atoms with Crippen LogP contribution in [-0.4, -0.2) is 11.3 Å². The maximum atomic E-state index is 11.5. The molecule has 61 heavy (non-hydrogen) atoms. The van der Waals surface area contributed by atoms with E-state index in [1.165, 1.54) is 27.0 Å². The van der Waals surface area contributed by atoms with Crippen molar-refractivity contribution in [2.75, 3.05) is 0 Å². The first-order valence-corrected chi connectivity index (χ1v) is 22.2. The molecular weight excluding hydrogens is 804 g/mol. The Bertz CT molecular complexity index is 2570. The van der Waals surface area contributed by atoms with Crippen molar-refractivity contribution in [3.8, 4) is 16.9 Å². The molecule has 0 heterocycles. The quantitative estimate of drug-likeness (QED) is 0.0533. The van der Waals surface area contributed by atoms with E-state index in [2.05, 4.69) is 198 Å². The van der Waals surface area contributed by atoms with Crippen LogP contribution in [0.15, 0.2) is 217 Å². The van der Waals surface area contributed by atoms with Crippen molar-refractivity contribution in [2.24, 2.45) is 4.99 Å². The molecule has 0 fully saturated rings. The van der Waals surface area contributed by atoms with E-state index in [9.17, 15) is 5.11 Å². The van der Waals surface area contributed by atoms with Crippen LogP contribution in [0.2, 0.25) is 0 Å². The molecule has 0 amide bonds. The second-order valence-electron chi connectivity index (χ2n) is 15.3. The van der Waals surface area contributed by atoms with Crippen LogP contribution in [0, 0.1) is 6.07 Å². The first-order chi connectivity index (χ1) is 29.4. The van der Waals surface area contributed by atoms with E-state index in [-0.39, 0.29) is 22.2 Å². The Kier molecular flexibility index (Phi) is 16.0. The number of benzene rings is 9.